The van der Waals surface area contributed by atoms with Gasteiger partial charge in [-0.2, -0.15) is 0 Å². The molecule has 0 radical (unpaired) electrons. The summed E-state index contributed by atoms with van der Waals surface area (Å²) in [5.41, 5.74) is 3.31. The number of aliphatic hydroxyl groups is 1. The van der Waals surface area contributed by atoms with E-state index in [9.17, 15) is 14.7 Å². The number of hydrogen-bond acceptors (Lipinski definition) is 5. The number of fused-ring (bicyclic) bond motifs is 1. The number of pyridine rings is 1. The molecule has 0 aliphatic carbocycles. The Morgan fingerprint density at radius 1 is 1.26 bits per heavy atom. The lowest BCUT2D eigenvalue weighted by Gasteiger charge is -2.34. The molecule has 7 heteroatoms. The van der Waals surface area contributed by atoms with E-state index in [1.807, 2.05) is 56.3 Å². The molecule has 4 rings (SSSR count). The zero-order valence-corrected chi connectivity index (χ0v) is 17.5. The van der Waals surface area contributed by atoms with Crippen molar-refractivity contribution in [3.63, 3.8) is 0 Å². The van der Waals surface area contributed by atoms with Crippen LogP contribution in [0.5, 0.6) is 0 Å². The molecule has 1 aliphatic heterocycles. The molecule has 0 spiro atoms. The Morgan fingerprint density at radius 2 is 2.03 bits per heavy atom. The van der Waals surface area contributed by atoms with E-state index < -0.39 is 24.0 Å². The van der Waals surface area contributed by atoms with Gasteiger partial charge in [-0.1, -0.05) is 30.7 Å². The van der Waals surface area contributed by atoms with E-state index in [0.717, 1.165) is 28.5 Å². The predicted molar refractivity (Wildman–Crippen MR) is 119 cm³/mol. The molecule has 2 amide bonds. The second-order valence-electron chi connectivity index (χ2n) is 7.60. The van der Waals surface area contributed by atoms with Crippen LogP contribution in [0.15, 0.2) is 54.7 Å². The van der Waals surface area contributed by atoms with Crippen molar-refractivity contribution in [3.05, 3.63) is 66.0 Å². The zero-order valence-electron chi connectivity index (χ0n) is 17.5. The highest BCUT2D eigenvalue weighted by Gasteiger charge is 2.39. The Bertz CT molecular complexity index is 1110. The van der Waals surface area contributed by atoms with Gasteiger partial charge >= 0.3 is 0 Å². The van der Waals surface area contributed by atoms with Gasteiger partial charge in [0.1, 0.15) is 0 Å². The van der Waals surface area contributed by atoms with Gasteiger partial charge in [0, 0.05) is 35.2 Å². The van der Waals surface area contributed by atoms with E-state index in [2.05, 4.69) is 10.3 Å². The Morgan fingerprint density at radius 3 is 2.77 bits per heavy atom. The van der Waals surface area contributed by atoms with Gasteiger partial charge in [-0.3, -0.25) is 14.6 Å². The van der Waals surface area contributed by atoms with Gasteiger partial charge in [0.15, 0.2) is 12.2 Å². The molecule has 1 aromatic heterocycles. The van der Waals surface area contributed by atoms with Crippen molar-refractivity contribution in [2.45, 2.75) is 32.5 Å². The Hall–Kier alpha value is -3.29. The fourth-order valence-electron chi connectivity index (χ4n) is 3.77. The lowest BCUT2D eigenvalue weighted by molar-refractivity contribution is -0.150. The van der Waals surface area contributed by atoms with Crippen LogP contribution in [-0.4, -0.2) is 47.3 Å². The van der Waals surface area contributed by atoms with E-state index in [4.69, 9.17) is 4.74 Å². The van der Waals surface area contributed by atoms with Gasteiger partial charge in [-0.15, -0.1) is 0 Å². The SMILES string of the molecule is CCc1nccc2cc(NC(=O)C(O)C3OCCN(c4ccc(C)cc4)C3=O)ccc12. The Balaban J connectivity index is 1.49. The molecule has 0 saturated carbocycles. The molecule has 160 valence electrons. The molecule has 0 bridgehead atoms. The van der Waals surface area contributed by atoms with Crippen LogP contribution < -0.4 is 10.2 Å². The van der Waals surface area contributed by atoms with Crippen LogP contribution in [-0.2, 0) is 20.7 Å². The van der Waals surface area contributed by atoms with E-state index in [1.165, 1.54) is 0 Å². The molecular weight excluding hydrogens is 394 g/mol. The van der Waals surface area contributed by atoms with E-state index >= 15 is 0 Å². The molecular formula is C24H25N3O4. The normalized spacial score (nSPS) is 17.6. The van der Waals surface area contributed by atoms with Gasteiger partial charge in [0.2, 0.25) is 0 Å². The first-order valence-electron chi connectivity index (χ1n) is 10.3. The average Bonchev–Trinajstić information content (AvgIpc) is 2.79. The smallest absolute Gasteiger partial charge is 0.259 e. The summed E-state index contributed by atoms with van der Waals surface area (Å²) < 4.78 is 5.48. The van der Waals surface area contributed by atoms with Gasteiger partial charge in [-0.05, 0) is 49.1 Å². The fraction of sp³-hybridized carbons (Fsp3) is 0.292. The Kier molecular flexibility index (Phi) is 5.97. The summed E-state index contributed by atoms with van der Waals surface area (Å²) in [6, 6.07) is 14.9. The summed E-state index contributed by atoms with van der Waals surface area (Å²) in [4.78, 5) is 31.5. The molecule has 2 aromatic carbocycles. The number of nitrogens with one attached hydrogen (secondary N) is 1. The summed E-state index contributed by atoms with van der Waals surface area (Å²) in [5.74, 6) is -1.12. The van der Waals surface area contributed by atoms with Crippen molar-refractivity contribution in [2.24, 2.45) is 0 Å². The molecule has 1 fully saturated rings. The summed E-state index contributed by atoms with van der Waals surface area (Å²) in [5, 5.41) is 15.2. The first-order valence-corrected chi connectivity index (χ1v) is 10.3. The average molecular weight is 419 g/mol. The number of benzene rings is 2. The lowest BCUT2D eigenvalue weighted by Crippen LogP contribution is -2.55. The number of carbonyl (C=O) groups is 2. The number of amides is 2. The summed E-state index contributed by atoms with van der Waals surface area (Å²) in [6.07, 6.45) is -0.345. The maximum Gasteiger partial charge on any atom is 0.259 e. The highest BCUT2D eigenvalue weighted by molar-refractivity contribution is 6.04. The van der Waals surface area contributed by atoms with Crippen LogP contribution in [0.25, 0.3) is 10.8 Å². The zero-order chi connectivity index (χ0) is 22.0. The van der Waals surface area contributed by atoms with Crippen molar-refractivity contribution in [2.75, 3.05) is 23.4 Å². The number of hydrogen-bond donors (Lipinski definition) is 2. The lowest BCUT2D eigenvalue weighted by atomic mass is 10.1. The molecule has 31 heavy (non-hydrogen) atoms. The highest BCUT2D eigenvalue weighted by Crippen LogP contribution is 2.24. The number of ether oxygens (including phenoxy) is 1. The topological polar surface area (TPSA) is 91.8 Å². The molecule has 1 saturated heterocycles. The van der Waals surface area contributed by atoms with E-state index in [-0.39, 0.29) is 6.61 Å². The molecule has 7 nitrogen and oxygen atoms in total. The largest absolute Gasteiger partial charge is 0.380 e. The third-order valence-electron chi connectivity index (χ3n) is 5.47. The number of morpholine rings is 1. The fourth-order valence-corrected chi connectivity index (χ4v) is 3.77. The van der Waals surface area contributed by atoms with Crippen LogP contribution in [0.2, 0.25) is 0 Å². The maximum absolute atomic E-state index is 12.9. The second kappa shape index (κ2) is 8.83. The number of anilines is 2. The number of aliphatic hydroxyl groups excluding tert-OH is 1. The quantitative estimate of drug-likeness (QED) is 0.664. The first-order chi connectivity index (χ1) is 15.0. The van der Waals surface area contributed by atoms with Crippen molar-refractivity contribution >= 4 is 34.0 Å². The molecule has 2 N–H and O–H groups in total. The van der Waals surface area contributed by atoms with Crippen molar-refractivity contribution < 1.29 is 19.4 Å². The second-order valence-corrected chi connectivity index (χ2v) is 7.60. The monoisotopic (exact) mass is 419 g/mol. The molecule has 2 atom stereocenters. The minimum Gasteiger partial charge on any atom is -0.380 e. The van der Waals surface area contributed by atoms with Crippen LogP contribution >= 0.6 is 0 Å². The predicted octanol–water partition coefficient (Wildman–Crippen LogP) is 2.84. The highest BCUT2D eigenvalue weighted by atomic mass is 16.5. The summed E-state index contributed by atoms with van der Waals surface area (Å²) in [6.45, 7) is 4.60. The summed E-state index contributed by atoms with van der Waals surface area (Å²) >= 11 is 0. The molecule has 1 aliphatic rings. The third-order valence-corrected chi connectivity index (χ3v) is 5.47. The number of aromatic nitrogens is 1. The van der Waals surface area contributed by atoms with E-state index in [1.54, 1.807) is 17.2 Å². The van der Waals surface area contributed by atoms with Gasteiger partial charge < -0.3 is 20.1 Å². The molecule has 3 aromatic rings. The van der Waals surface area contributed by atoms with Crippen LogP contribution in [0.4, 0.5) is 11.4 Å². The minimum absolute atomic E-state index is 0.234. The van der Waals surface area contributed by atoms with Crippen molar-refractivity contribution in [1.29, 1.82) is 0 Å². The van der Waals surface area contributed by atoms with Crippen LogP contribution in [0, 0.1) is 6.92 Å². The van der Waals surface area contributed by atoms with Crippen LogP contribution in [0.1, 0.15) is 18.2 Å². The number of rotatable bonds is 5. The van der Waals surface area contributed by atoms with Crippen molar-refractivity contribution in [1.82, 2.24) is 4.98 Å². The van der Waals surface area contributed by atoms with Gasteiger partial charge in [0.25, 0.3) is 11.8 Å². The first kappa shape index (κ1) is 21.0. The Labute approximate surface area is 180 Å². The van der Waals surface area contributed by atoms with E-state index in [0.29, 0.717) is 17.9 Å². The minimum atomic E-state index is -1.62. The maximum atomic E-state index is 12.9. The third kappa shape index (κ3) is 4.28. The van der Waals surface area contributed by atoms with Gasteiger partial charge in [0.05, 0.1) is 6.61 Å². The standard InChI is InChI=1S/C24H25N3O4/c1-3-20-19-9-6-17(14-16(19)10-11-25-20)26-23(29)21(28)22-24(30)27(12-13-31-22)18-7-4-15(2)5-8-18/h4-11,14,21-22,28H,3,12-13H2,1-2H3,(H,26,29). The number of aryl methyl sites for hydroxylation is 2. The number of carbonyl (C=O) groups excluding carboxylic acids is 2. The van der Waals surface area contributed by atoms with Crippen molar-refractivity contribution in [3.8, 4) is 0 Å². The van der Waals surface area contributed by atoms with Crippen LogP contribution in [0.3, 0.4) is 0 Å². The summed E-state index contributed by atoms with van der Waals surface area (Å²) in [7, 11) is 0. The van der Waals surface area contributed by atoms with Gasteiger partial charge in [-0.25, -0.2) is 0 Å². The number of nitrogens with zero attached hydrogens (tertiary/aromatic N) is 2. The molecule has 2 heterocycles. The molecule has 2 unspecified atom stereocenters.